The molecule has 2 unspecified atom stereocenters. The molecule has 5 heteroatoms. The number of unbranched alkanes of at least 4 members (excludes halogenated alkanes) is 12. The smallest absolute Gasteiger partial charge is 0.154 e. The Bertz CT molecular complexity index is 648. The van der Waals surface area contributed by atoms with E-state index < -0.39 is 0 Å². The van der Waals surface area contributed by atoms with Crippen LogP contribution in [0.5, 0.6) is 11.5 Å². The number of benzene rings is 1. The lowest BCUT2D eigenvalue weighted by Crippen LogP contribution is -2.42. The van der Waals surface area contributed by atoms with Gasteiger partial charge in [-0.05, 0) is 38.1 Å². The number of nitrogens with zero attached hydrogens (tertiary/aromatic N) is 2. The molecule has 1 aliphatic rings. The van der Waals surface area contributed by atoms with Crippen molar-refractivity contribution in [3.05, 3.63) is 24.3 Å². The Balaban J connectivity index is 1.92. The molecule has 0 spiro atoms. The fraction of sp³-hybridized carbons (Fsp3) is 0.824. The molecule has 0 amide bonds. The maximum Gasteiger partial charge on any atom is 0.154 e. The molecule has 226 valence electrons. The quantitative estimate of drug-likeness (QED) is 0.152. The van der Waals surface area contributed by atoms with Crippen molar-refractivity contribution in [2.75, 3.05) is 39.4 Å². The Kier molecular flexibility index (Phi) is 19.5. The Morgan fingerprint density at radius 1 is 0.590 bits per heavy atom. The molecule has 1 aromatic rings. The van der Waals surface area contributed by atoms with E-state index in [-0.39, 0.29) is 12.5 Å². The average molecular weight is 547 g/mol. The fourth-order valence-electron chi connectivity index (χ4n) is 5.59. The fourth-order valence-corrected chi connectivity index (χ4v) is 5.59. The number of fused-ring (bicyclic) bond motifs is 2. The van der Waals surface area contributed by atoms with Crippen LogP contribution in [-0.2, 0) is 4.74 Å². The molecule has 1 aromatic carbocycles. The maximum atomic E-state index is 6.58. The number of hydrogen-bond donors (Lipinski definition) is 0. The predicted octanol–water partition coefficient (Wildman–Crippen LogP) is 9.05. The zero-order valence-corrected chi connectivity index (χ0v) is 26.1. The summed E-state index contributed by atoms with van der Waals surface area (Å²) >= 11 is 0. The lowest BCUT2D eigenvalue weighted by atomic mass is 10.1. The maximum absolute atomic E-state index is 6.58. The summed E-state index contributed by atoms with van der Waals surface area (Å²) in [6.45, 7) is 14.6. The molecule has 39 heavy (non-hydrogen) atoms. The van der Waals surface area contributed by atoms with Crippen LogP contribution in [0.4, 0.5) is 0 Å². The third kappa shape index (κ3) is 14.8. The van der Waals surface area contributed by atoms with Crippen LogP contribution >= 0.6 is 0 Å². The molecular weight excluding hydrogens is 484 g/mol. The van der Waals surface area contributed by atoms with E-state index in [1.807, 2.05) is 0 Å². The second-order valence-corrected chi connectivity index (χ2v) is 11.3. The SMILES string of the molecule is CCCCCCCCCN(CC)C1CCOCCC(N(CC)CCCCCCCCC)Oc2cccc(c2)O1. The van der Waals surface area contributed by atoms with E-state index in [1.165, 1.54) is 89.9 Å². The molecule has 0 aromatic heterocycles. The zero-order chi connectivity index (χ0) is 28.0. The van der Waals surface area contributed by atoms with Crippen LogP contribution in [0.25, 0.3) is 0 Å². The van der Waals surface area contributed by atoms with E-state index in [4.69, 9.17) is 14.2 Å². The van der Waals surface area contributed by atoms with Crippen LogP contribution in [0.3, 0.4) is 0 Å². The van der Waals surface area contributed by atoms with Crippen molar-refractivity contribution in [2.45, 2.75) is 143 Å². The van der Waals surface area contributed by atoms with Crippen LogP contribution in [-0.4, -0.2) is 61.6 Å². The van der Waals surface area contributed by atoms with Gasteiger partial charge in [-0.3, -0.25) is 9.80 Å². The minimum Gasteiger partial charge on any atom is -0.475 e. The van der Waals surface area contributed by atoms with E-state index in [2.05, 4.69) is 61.8 Å². The molecule has 0 saturated heterocycles. The highest BCUT2D eigenvalue weighted by atomic mass is 16.5. The third-order valence-corrected chi connectivity index (χ3v) is 8.09. The van der Waals surface area contributed by atoms with E-state index in [1.54, 1.807) is 0 Å². The highest BCUT2D eigenvalue weighted by Gasteiger charge is 2.22. The summed E-state index contributed by atoms with van der Waals surface area (Å²) in [5.41, 5.74) is 0. The molecule has 1 aliphatic heterocycles. The Labute approximate surface area is 242 Å². The van der Waals surface area contributed by atoms with Gasteiger partial charge in [0.05, 0.1) is 13.2 Å². The summed E-state index contributed by atoms with van der Waals surface area (Å²) in [5.74, 6) is 1.79. The largest absolute Gasteiger partial charge is 0.475 e. The number of hydrogen-bond acceptors (Lipinski definition) is 5. The molecule has 5 nitrogen and oxygen atoms in total. The highest BCUT2D eigenvalue weighted by Crippen LogP contribution is 2.25. The first-order valence-corrected chi connectivity index (χ1v) is 16.7. The van der Waals surface area contributed by atoms with Crippen LogP contribution in [0, 0.1) is 0 Å². The average Bonchev–Trinajstić information content (AvgIpc) is 2.94. The molecular formula is C34H62N2O3. The van der Waals surface area contributed by atoms with Crippen molar-refractivity contribution in [1.82, 2.24) is 9.80 Å². The summed E-state index contributed by atoms with van der Waals surface area (Å²) in [5, 5.41) is 0. The summed E-state index contributed by atoms with van der Waals surface area (Å²) in [6, 6.07) is 8.30. The van der Waals surface area contributed by atoms with Gasteiger partial charge in [0.15, 0.2) is 12.5 Å². The summed E-state index contributed by atoms with van der Waals surface area (Å²) in [4.78, 5) is 4.97. The van der Waals surface area contributed by atoms with Gasteiger partial charge in [-0.15, -0.1) is 0 Å². The molecule has 0 radical (unpaired) electrons. The van der Waals surface area contributed by atoms with E-state index in [0.29, 0.717) is 13.2 Å². The van der Waals surface area contributed by atoms with Crippen LogP contribution in [0.15, 0.2) is 24.3 Å². The first kappa shape index (κ1) is 33.9. The van der Waals surface area contributed by atoms with Crippen LogP contribution < -0.4 is 9.47 Å². The zero-order valence-electron chi connectivity index (χ0n) is 26.1. The Morgan fingerprint density at radius 2 is 1.00 bits per heavy atom. The normalized spacial score (nSPS) is 18.4. The van der Waals surface area contributed by atoms with Crippen LogP contribution in [0.2, 0.25) is 0 Å². The van der Waals surface area contributed by atoms with Gasteiger partial charge < -0.3 is 14.2 Å². The predicted molar refractivity (Wildman–Crippen MR) is 166 cm³/mol. The topological polar surface area (TPSA) is 34.2 Å². The summed E-state index contributed by atoms with van der Waals surface area (Å²) < 4.78 is 19.3. The monoisotopic (exact) mass is 546 g/mol. The molecule has 0 saturated carbocycles. The van der Waals surface area contributed by atoms with Gasteiger partial charge in [0.2, 0.25) is 0 Å². The van der Waals surface area contributed by atoms with Gasteiger partial charge in [-0.1, -0.05) is 111 Å². The van der Waals surface area contributed by atoms with E-state index in [0.717, 1.165) is 50.5 Å². The van der Waals surface area contributed by atoms with Gasteiger partial charge in [-0.2, -0.15) is 0 Å². The van der Waals surface area contributed by atoms with Gasteiger partial charge >= 0.3 is 0 Å². The van der Waals surface area contributed by atoms with Crippen molar-refractivity contribution in [3.8, 4) is 11.5 Å². The number of ether oxygens (including phenoxy) is 3. The van der Waals surface area contributed by atoms with Crippen molar-refractivity contribution in [2.24, 2.45) is 0 Å². The van der Waals surface area contributed by atoms with E-state index >= 15 is 0 Å². The van der Waals surface area contributed by atoms with Crippen molar-refractivity contribution < 1.29 is 14.2 Å². The van der Waals surface area contributed by atoms with Gasteiger partial charge in [0.25, 0.3) is 0 Å². The molecule has 0 N–H and O–H groups in total. The first-order chi connectivity index (χ1) is 19.2. The standard InChI is InChI=1S/C34H62N2O3/c1-5-9-11-13-15-17-19-26-35(7-3)33-24-28-37-29-25-34(39-32-23-21-22-31(30-32)38-33)36(8-4)27-20-18-16-14-12-10-6-2/h21-23,30,33-34H,5-20,24-29H2,1-4H3. The lowest BCUT2D eigenvalue weighted by molar-refractivity contribution is -0.0260. The Hall–Kier alpha value is -1.30. The molecule has 0 fully saturated rings. The molecule has 1 heterocycles. The third-order valence-electron chi connectivity index (χ3n) is 8.09. The van der Waals surface area contributed by atoms with E-state index in [9.17, 15) is 0 Å². The summed E-state index contributed by atoms with van der Waals surface area (Å²) in [7, 11) is 0. The molecule has 2 rings (SSSR count). The molecule has 2 atom stereocenters. The lowest BCUT2D eigenvalue weighted by Gasteiger charge is -2.33. The molecule has 2 bridgehead atoms. The minimum atomic E-state index is 0.0324. The van der Waals surface area contributed by atoms with Crippen molar-refractivity contribution in [1.29, 1.82) is 0 Å². The van der Waals surface area contributed by atoms with Crippen molar-refractivity contribution >= 4 is 0 Å². The Morgan fingerprint density at radius 3 is 1.41 bits per heavy atom. The minimum absolute atomic E-state index is 0.0324. The van der Waals surface area contributed by atoms with Crippen molar-refractivity contribution in [3.63, 3.8) is 0 Å². The number of rotatable bonds is 20. The van der Waals surface area contributed by atoms with Gasteiger partial charge in [0.1, 0.15) is 11.5 Å². The first-order valence-electron chi connectivity index (χ1n) is 16.7. The highest BCUT2D eigenvalue weighted by molar-refractivity contribution is 5.33. The summed E-state index contributed by atoms with van der Waals surface area (Å²) in [6.07, 6.45) is 20.5. The second-order valence-electron chi connectivity index (χ2n) is 11.3. The van der Waals surface area contributed by atoms with Gasteiger partial charge in [-0.25, -0.2) is 0 Å². The second kappa shape index (κ2) is 22.4. The van der Waals surface area contributed by atoms with Gasteiger partial charge in [0, 0.05) is 32.0 Å². The van der Waals surface area contributed by atoms with Crippen LogP contribution in [0.1, 0.15) is 130 Å². The molecule has 0 aliphatic carbocycles.